The quantitative estimate of drug-likeness (QED) is 0.398. The molecule has 0 aromatic carbocycles. The van der Waals surface area contributed by atoms with E-state index in [-0.39, 0.29) is 11.9 Å². The lowest BCUT2D eigenvalue weighted by Crippen LogP contribution is -2.20. The Balaban J connectivity index is 3.38. The molecule has 0 unspecified atom stereocenters. The molecule has 0 saturated heterocycles. The molecule has 0 amide bonds. The van der Waals surface area contributed by atoms with E-state index in [1.54, 1.807) is 0 Å². The van der Waals surface area contributed by atoms with Crippen molar-refractivity contribution in [3.05, 3.63) is 0 Å². The molecule has 0 atom stereocenters. The van der Waals surface area contributed by atoms with Gasteiger partial charge in [0.25, 0.3) is 0 Å². The molecule has 0 N–H and O–H groups in total. The molecule has 6 heteroatoms. The first kappa shape index (κ1) is 19.9. The smallest absolute Gasteiger partial charge is 0.305 e. The van der Waals surface area contributed by atoms with Crippen LogP contribution in [0.5, 0.6) is 0 Å². The van der Waals surface area contributed by atoms with Crippen LogP contribution in [0.15, 0.2) is 0 Å². The van der Waals surface area contributed by atoms with Gasteiger partial charge in [0.05, 0.1) is 0 Å². The van der Waals surface area contributed by atoms with Crippen molar-refractivity contribution in [2.45, 2.75) is 32.1 Å². The van der Waals surface area contributed by atoms with E-state index in [4.69, 9.17) is 9.47 Å². The molecule has 0 rings (SSSR count). The summed E-state index contributed by atoms with van der Waals surface area (Å²) < 4.78 is 10.2. The third-order valence-electron chi connectivity index (χ3n) is 2.86. The highest BCUT2D eigenvalue weighted by Crippen LogP contribution is 2.05. The molecule has 0 aliphatic heterocycles. The van der Waals surface area contributed by atoms with Crippen LogP contribution in [0.25, 0.3) is 0 Å². The number of carbonyl (C=O) groups is 2. The monoisotopic (exact) mass is 302 g/mol. The fraction of sp³-hybridized carbons (Fsp3) is 0.867. The van der Waals surface area contributed by atoms with Crippen LogP contribution in [0.4, 0.5) is 0 Å². The zero-order valence-corrected chi connectivity index (χ0v) is 13.9. The molecule has 0 aromatic heterocycles. The molecular weight excluding hydrogens is 272 g/mol. The second-order valence-electron chi connectivity index (χ2n) is 5.61. The molecule has 124 valence electrons. The van der Waals surface area contributed by atoms with Gasteiger partial charge in [0.1, 0.15) is 13.2 Å². The molecule has 0 aliphatic rings. The Morgan fingerprint density at radius 3 is 1.43 bits per heavy atom. The minimum atomic E-state index is -0.162. The Bertz CT molecular complexity index is 265. The van der Waals surface area contributed by atoms with Crippen molar-refractivity contribution in [2.75, 3.05) is 54.5 Å². The average Bonchev–Trinajstić information content (AvgIpc) is 2.37. The van der Waals surface area contributed by atoms with Gasteiger partial charge < -0.3 is 19.3 Å². The predicted octanol–water partition coefficient (Wildman–Crippen LogP) is 1.15. The maximum Gasteiger partial charge on any atom is 0.305 e. The van der Waals surface area contributed by atoms with Gasteiger partial charge in [0.15, 0.2) is 0 Å². The largest absolute Gasteiger partial charge is 0.464 e. The van der Waals surface area contributed by atoms with Gasteiger partial charge in [-0.15, -0.1) is 0 Å². The molecule has 0 bridgehead atoms. The number of carbonyl (C=O) groups excluding carboxylic acids is 2. The number of ether oxygens (including phenoxy) is 2. The zero-order valence-electron chi connectivity index (χ0n) is 13.9. The molecule has 0 fully saturated rings. The minimum Gasteiger partial charge on any atom is -0.464 e. The van der Waals surface area contributed by atoms with Crippen LogP contribution in [0.3, 0.4) is 0 Å². The van der Waals surface area contributed by atoms with Crippen molar-refractivity contribution in [1.82, 2.24) is 9.80 Å². The number of hydrogen-bond acceptors (Lipinski definition) is 6. The lowest BCUT2D eigenvalue weighted by atomic mass is 10.1. The van der Waals surface area contributed by atoms with Crippen molar-refractivity contribution in [3.8, 4) is 0 Å². The van der Waals surface area contributed by atoms with E-state index in [2.05, 4.69) is 0 Å². The number of likely N-dealkylation sites (N-methyl/N-ethyl adjacent to an activating group) is 2. The molecule has 21 heavy (non-hydrogen) atoms. The Hall–Kier alpha value is -1.14. The van der Waals surface area contributed by atoms with Crippen molar-refractivity contribution >= 4 is 11.9 Å². The van der Waals surface area contributed by atoms with Gasteiger partial charge in [-0.05, 0) is 41.0 Å². The Morgan fingerprint density at radius 2 is 1.10 bits per heavy atom. The van der Waals surface area contributed by atoms with Crippen LogP contribution in [0.1, 0.15) is 32.1 Å². The normalized spacial score (nSPS) is 11.0. The summed E-state index contributed by atoms with van der Waals surface area (Å²) in [4.78, 5) is 26.7. The Morgan fingerprint density at radius 1 is 0.714 bits per heavy atom. The lowest BCUT2D eigenvalue weighted by Gasteiger charge is -2.10. The topological polar surface area (TPSA) is 59.1 Å². The molecule has 0 radical (unpaired) electrons. The first-order chi connectivity index (χ1) is 9.91. The lowest BCUT2D eigenvalue weighted by molar-refractivity contribution is -0.144. The summed E-state index contributed by atoms with van der Waals surface area (Å²) >= 11 is 0. The summed E-state index contributed by atoms with van der Waals surface area (Å²) in [5.41, 5.74) is 0. The minimum absolute atomic E-state index is 0.162. The average molecular weight is 302 g/mol. The first-order valence-electron chi connectivity index (χ1n) is 7.52. The van der Waals surface area contributed by atoms with E-state index >= 15 is 0 Å². The van der Waals surface area contributed by atoms with Crippen molar-refractivity contribution < 1.29 is 19.1 Å². The first-order valence-corrected chi connectivity index (χ1v) is 7.52. The summed E-state index contributed by atoms with van der Waals surface area (Å²) in [6.07, 6.45) is 3.19. The SMILES string of the molecule is CN(C)CCOC(=O)CCCCCC(=O)OCCN(C)C. The molecule has 0 aliphatic carbocycles. The highest BCUT2D eigenvalue weighted by molar-refractivity contribution is 5.69. The number of rotatable bonds is 12. The number of nitrogens with zero attached hydrogens (tertiary/aromatic N) is 2. The summed E-state index contributed by atoms with van der Waals surface area (Å²) in [6.45, 7) is 2.35. The van der Waals surface area contributed by atoms with Gasteiger partial charge in [0.2, 0.25) is 0 Å². The van der Waals surface area contributed by atoms with Gasteiger partial charge >= 0.3 is 11.9 Å². The number of unbranched alkanes of at least 4 members (excludes halogenated alkanes) is 2. The second-order valence-corrected chi connectivity index (χ2v) is 5.61. The standard InChI is InChI=1S/C15H30N2O4/c1-16(2)10-12-20-14(18)8-6-5-7-9-15(19)21-13-11-17(3)4/h5-13H2,1-4H3. The summed E-state index contributed by atoms with van der Waals surface area (Å²) in [5.74, 6) is -0.323. The van der Waals surface area contributed by atoms with Crippen LogP contribution < -0.4 is 0 Å². The maximum atomic E-state index is 11.4. The van der Waals surface area contributed by atoms with Crippen molar-refractivity contribution in [2.24, 2.45) is 0 Å². The van der Waals surface area contributed by atoms with E-state index in [0.29, 0.717) is 26.1 Å². The van der Waals surface area contributed by atoms with Crippen LogP contribution in [0.2, 0.25) is 0 Å². The zero-order chi connectivity index (χ0) is 16.1. The molecule has 0 spiro atoms. The fourth-order valence-corrected chi connectivity index (χ4v) is 1.54. The third-order valence-corrected chi connectivity index (χ3v) is 2.86. The highest BCUT2D eigenvalue weighted by atomic mass is 16.5. The Labute approximate surface area is 128 Å². The second kappa shape index (κ2) is 12.6. The van der Waals surface area contributed by atoms with E-state index in [0.717, 1.165) is 32.4 Å². The predicted molar refractivity (Wildman–Crippen MR) is 82.1 cm³/mol. The fourth-order valence-electron chi connectivity index (χ4n) is 1.54. The van der Waals surface area contributed by atoms with E-state index in [9.17, 15) is 9.59 Å². The van der Waals surface area contributed by atoms with Crippen LogP contribution in [0, 0.1) is 0 Å². The third kappa shape index (κ3) is 15.1. The summed E-state index contributed by atoms with van der Waals surface area (Å²) in [6, 6.07) is 0. The highest BCUT2D eigenvalue weighted by Gasteiger charge is 2.05. The molecular formula is C15H30N2O4. The van der Waals surface area contributed by atoms with Crippen LogP contribution in [-0.4, -0.2) is 76.2 Å². The van der Waals surface area contributed by atoms with Gasteiger partial charge in [-0.1, -0.05) is 6.42 Å². The van der Waals surface area contributed by atoms with Crippen molar-refractivity contribution in [1.29, 1.82) is 0 Å². The molecule has 0 aromatic rings. The molecule has 6 nitrogen and oxygen atoms in total. The van der Waals surface area contributed by atoms with Crippen molar-refractivity contribution in [3.63, 3.8) is 0 Å². The van der Waals surface area contributed by atoms with E-state index in [1.807, 2.05) is 38.0 Å². The number of esters is 2. The summed E-state index contributed by atoms with van der Waals surface area (Å²) in [7, 11) is 7.74. The molecule has 0 heterocycles. The van der Waals surface area contributed by atoms with Gasteiger partial charge in [0, 0.05) is 25.9 Å². The van der Waals surface area contributed by atoms with Gasteiger partial charge in [-0.25, -0.2) is 0 Å². The number of hydrogen-bond donors (Lipinski definition) is 0. The van der Waals surface area contributed by atoms with Crippen LogP contribution in [-0.2, 0) is 19.1 Å². The van der Waals surface area contributed by atoms with Gasteiger partial charge in [-0.2, -0.15) is 0 Å². The van der Waals surface area contributed by atoms with E-state index in [1.165, 1.54) is 0 Å². The van der Waals surface area contributed by atoms with Crippen LogP contribution >= 0.6 is 0 Å². The Kier molecular flexibility index (Phi) is 11.9. The van der Waals surface area contributed by atoms with E-state index < -0.39 is 0 Å². The maximum absolute atomic E-state index is 11.4. The summed E-state index contributed by atoms with van der Waals surface area (Å²) in [5, 5.41) is 0. The molecule has 0 saturated carbocycles. The van der Waals surface area contributed by atoms with Gasteiger partial charge in [-0.3, -0.25) is 9.59 Å².